The Bertz CT molecular complexity index is 1060. The molecule has 1 saturated carbocycles. The SMILES string of the molecule is N#CC(c1ccccc1)c1ccc(NC(=O)CCN2C(=O)C3CCCCC3C2=O)cc1Cl. The van der Waals surface area contributed by atoms with Gasteiger partial charge in [-0.3, -0.25) is 19.3 Å². The molecule has 32 heavy (non-hydrogen) atoms. The maximum atomic E-state index is 12.5. The highest BCUT2D eigenvalue weighted by molar-refractivity contribution is 6.31. The number of likely N-dealkylation sites (tertiary alicyclic amines) is 1. The Balaban J connectivity index is 1.38. The fourth-order valence-electron chi connectivity index (χ4n) is 4.70. The molecule has 3 unspecified atom stereocenters. The van der Waals surface area contributed by atoms with Crippen LogP contribution < -0.4 is 5.32 Å². The number of nitrogens with one attached hydrogen (secondary N) is 1. The third kappa shape index (κ3) is 4.39. The van der Waals surface area contributed by atoms with Crippen molar-refractivity contribution in [2.24, 2.45) is 11.8 Å². The number of nitriles is 1. The second-order valence-electron chi connectivity index (χ2n) is 8.33. The van der Waals surface area contributed by atoms with E-state index < -0.39 is 5.92 Å². The molecular formula is C25H24ClN3O3. The molecule has 1 saturated heterocycles. The molecule has 3 amide bonds. The van der Waals surface area contributed by atoms with Crippen LogP contribution in [-0.2, 0) is 14.4 Å². The second-order valence-corrected chi connectivity index (χ2v) is 8.74. The number of amides is 3. The zero-order chi connectivity index (χ0) is 22.7. The van der Waals surface area contributed by atoms with Crippen LogP contribution in [0.4, 0.5) is 5.69 Å². The van der Waals surface area contributed by atoms with Crippen molar-refractivity contribution < 1.29 is 14.4 Å². The zero-order valence-corrected chi connectivity index (χ0v) is 18.3. The normalized spacial score (nSPS) is 21.1. The van der Waals surface area contributed by atoms with Crippen LogP contribution in [0.2, 0.25) is 5.02 Å². The Morgan fingerprint density at radius 3 is 2.34 bits per heavy atom. The predicted octanol–water partition coefficient (Wildman–Crippen LogP) is 4.50. The number of halogens is 1. The summed E-state index contributed by atoms with van der Waals surface area (Å²) in [6.07, 6.45) is 3.50. The van der Waals surface area contributed by atoms with Gasteiger partial charge in [-0.15, -0.1) is 0 Å². The van der Waals surface area contributed by atoms with Crippen molar-refractivity contribution in [3.63, 3.8) is 0 Å². The zero-order valence-electron chi connectivity index (χ0n) is 17.6. The fraction of sp³-hybridized carbons (Fsp3) is 0.360. The van der Waals surface area contributed by atoms with Crippen molar-refractivity contribution in [1.82, 2.24) is 4.90 Å². The highest BCUT2D eigenvalue weighted by Crippen LogP contribution is 2.38. The molecule has 3 atom stereocenters. The van der Waals surface area contributed by atoms with Gasteiger partial charge in [0, 0.05) is 23.7 Å². The largest absolute Gasteiger partial charge is 0.326 e. The number of imide groups is 1. The minimum absolute atomic E-state index is 0.0289. The molecular weight excluding hydrogens is 426 g/mol. The van der Waals surface area contributed by atoms with E-state index >= 15 is 0 Å². The Kier molecular flexibility index (Phi) is 6.57. The predicted molar refractivity (Wildman–Crippen MR) is 121 cm³/mol. The molecule has 4 rings (SSSR count). The summed E-state index contributed by atoms with van der Waals surface area (Å²) in [6.45, 7) is 0.0901. The van der Waals surface area contributed by atoms with E-state index in [-0.39, 0.29) is 42.5 Å². The quantitative estimate of drug-likeness (QED) is 0.657. The molecule has 2 fully saturated rings. The maximum Gasteiger partial charge on any atom is 0.233 e. The van der Waals surface area contributed by atoms with Gasteiger partial charge in [0.05, 0.1) is 23.8 Å². The molecule has 0 bridgehead atoms. The van der Waals surface area contributed by atoms with Gasteiger partial charge in [-0.1, -0.05) is 60.8 Å². The van der Waals surface area contributed by atoms with E-state index in [0.29, 0.717) is 16.3 Å². The number of hydrogen-bond acceptors (Lipinski definition) is 4. The van der Waals surface area contributed by atoms with E-state index in [1.807, 2.05) is 30.3 Å². The van der Waals surface area contributed by atoms with E-state index in [4.69, 9.17) is 11.6 Å². The van der Waals surface area contributed by atoms with Crippen molar-refractivity contribution in [3.8, 4) is 6.07 Å². The summed E-state index contributed by atoms with van der Waals surface area (Å²) in [5, 5.41) is 12.8. The Morgan fingerprint density at radius 1 is 1.09 bits per heavy atom. The fourth-order valence-corrected chi connectivity index (χ4v) is 4.99. The smallest absolute Gasteiger partial charge is 0.233 e. The number of hydrogen-bond donors (Lipinski definition) is 1. The van der Waals surface area contributed by atoms with E-state index in [2.05, 4.69) is 11.4 Å². The highest BCUT2D eigenvalue weighted by atomic mass is 35.5. The van der Waals surface area contributed by atoms with E-state index in [1.165, 1.54) is 4.90 Å². The first-order chi connectivity index (χ1) is 15.5. The number of anilines is 1. The molecule has 2 aromatic carbocycles. The molecule has 2 aromatic rings. The van der Waals surface area contributed by atoms with Gasteiger partial charge in [0.15, 0.2) is 0 Å². The van der Waals surface area contributed by atoms with Gasteiger partial charge < -0.3 is 5.32 Å². The lowest BCUT2D eigenvalue weighted by Gasteiger charge is -2.19. The van der Waals surface area contributed by atoms with Crippen molar-refractivity contribution in [2.45, 2.75) is 38.0 Å². The molecule has 1 aliphatic heterocycles. The number of carbonyl (C=O) groups excluding carboxylic acids is 3. The molecule has 1 heterocycles. The van der Waals surface area contributed by atoms with Gasteiger partial charge in [-0.25, -0.2) is 0 Å². The van der Waals surface area contributed by atoms with Gasteiger partial charge in [-0.05, 0) is 36.1 Å². The van der Waals surface area contributed by atoms with Crippen LogP contribution in [0.3, 0.4) is 0 Å². The van der Waals surface area contributed by atoms with Gasteiger partial charge in [0.2, 0.25) is 17.7 Å². The molecule has 7 heteroatoms. The maximum absolute atomic E-state index is 12.5. The lowest BCUT2D eigenvalue weighted by molar-refractivity contribution is -0.140. The monoisotopic (exact) mass is 449 g/mol. The first kappa shape index (κ1) is 22.0. The minimum Gasteiger partial charge on any atom is -0.326 e. The van der Waals surface area contributed by atoms with Crippen LogP contribution in [0.5, 0.6) is 0 Å². The number of nitrogens with zero attached hydrogens (tertiary/aromatic N) is 2. The van der Waals surface area contributed by atoms with Crippen molar-refractivity contribution in [2.75, 3.05) is 11.9 Å². The Hall–Kier alpha value is -3.17. The van der Waals surface area contributed by atoms with Gasteiger partial charge in [0.1, 0.15) is 0 Å². The van der Waals surface area contributed by atoms with E-state index in [1.54, 1.807) is 18.2 Å². The van der Waals surface area contributed by atoms with E-state index in [9.17, 15) is 19.6 Å². The van der Waals surface area contributed by atoms with Crippen LogP contribution in [0, 0.1) is 23.2 Å². The van der Waals surface area contributed by atoms with Gasteiger partial charge >= 0.3 is 0 Å². The van der Waals surface area contributed by atoms with Gasteiger partial charge in [0.25, 0.3) is 0 Å². The number of carbonyl (C=O) groups is 3. The number of fused-ring (bicyclic) bond motifs is 1. The van der Waals surface area contributed by atoms with Crippen LogP contribution >= 0.6 is 11.6 Å². The standard InChI is InChI=1S/C25H24ClN3O3/c26-22-14-17(10-11-18(22)21(15-27)16-6-2-1-3-7-16)28-23(30)12-13-29-24(31)19-8-4-5-9-20(19)25(29)32/h1-3,6-7,10-11,14,19-21H,4-5,8-9,12-13H2,(H,28,30). The lowest BCUT2D eigenvalue weighted by atomic mass is 9.81. The second kappa shape index (κ2) is 9.54. The first-order valence-corrected chi connectivity index (χ1v) is 11.3. The first-order valence-electron chi connectivity index (χ1n) is 10.9. The molecule has 0 aromatic heterocycles. The van der Waals surface area contributed by atoms with Crippen LogP contribution in [0.15, 0.2) is 48.5 Å². The Morgan fingerprint density at radius 2 is 1.75 bits per heavy atom. The molecule has 6 nitrogen and oxygen atoms in total. The molecule has 164 valence electrons. The summed E-state index contributed by atoms with van der Waals surface area (Å²) in [5.74, 6) is -1.49. The summed E-state index contributed by atoms with van der Waals surface area (Å²) in [6, 6.07) is 16.7. The summed E-state index contributed by atoms with van der Waals surface area (Å²) in [7, 11) is 0. The van der Waals surface area contributed by atoms with Gasteiger partial charge in [-0.2, -0.15) is 5.26 Å². The third-order valence-electron chi connectivity index (χ3n) is 6.35. The molecule has 1 aliphatic carbocycles. The Labute approximate surface area is 192 Å². The summed E-state index contributed by atoms with van der Waals surface area (Å²) < 4.78 is 0. The molecule has 1 N–H and O–H groups in total. The lowest BCUT2D eigenvalue weighted by Crippen LogP contribution is -2.34. The molecule has 2 aliphatic rings. The molecule has 0 radical (unpaired) electrons. The summed E-state index contributed by atoms with van der Waals surface area (Å²) in [4.78, 5) is 38.8. The third-order valence-corrected chi connectivity index (χ3v) is 6.68. The van der Waals surface area contributed by atoms with Crippen molar-refractivity contribution >= 4 is 35.0 Å². The molecule has 0 spiro atoms. The summed E-state index contributed by atoms with van der Waals surface area (Å²) in [5.41, 5.74) is 2.00. The summed E-state index contributed by atoms with van der Waals surface area (Å²) >= 11 is 6.43. The van der Waals surface area contributed by atoms with E-state index in [0.717, 1.165) is 31.2 Å². The van der Waals surface area contributed by atoms with Crippen LogP contribution in [-0.4, -0.2) is 29.2 Å². The van der Waals surface area contributed by atoms with Crippen molar-refractivity contribution in [1.29, 1.82) is 5.26 Å². The van der Waals surface area contributed by atoms with Crippen LogP contribution in [0.25, 0.3) is 0 Å². The average Bonchev–Trinajstić information content (AvgIpc) is 3.05. The average molecular weight is 450 g/mol. The minimum atomic E-state index is -0.510. The van der Waals surface area contributed by atoms with Crippen molar-refractivity contribution in [3.05, 3.63) is 64.7 Å². The highest BCUT2D eigenvalue weighted by Gasteiger charge is 2.47. The van der Waals surface area contributed by atoms with Crippen LogP contribution in [0.1, 0.15) is 49.1 Å². The topological polar surface area (TPSA) is 90.3 Å². The number of rotatable bonds is 6. The number of benzene rings is 2.